The lowest BCUT2D eigenvalue weighted by Crippen LogP contribution is -2.00. The van der Waals surface area contributed by atoms with Gasteiger partial charge >= 0.3 is 5.69 Å². The number of nitrogens with two attached hydrogens (primary N) is 1. The first-order valence-electron chi connectivity index (χ1n) is 7.17. The van der Waals surface area contributed by atoms with Gasteiger partial charge in [0.05, 0.1) is 24.0 Å². The molecule has 8 nitrogen and oxygen atoms in total. The molecule has 3 aromatic rings. The zero-order valence-electron chi connectivity index (χ0n) is 13.1. The molecule has 0 saturated carbocycles. The Labute approximate surface area is 141 Å². The molecule has 25 heavy (non-hydrogen) atoms. The van der Waals surface area contributed by atoms with Crippen LogP contribution < -0.4 is 10.5 Å². The Bertz CT molecular complexity index is 924. The molecule has 0 aliphatic carbocycles. The van der Waals surface area contributed by atoms with Gasteiger partial charge in [-0.05, 0) is 29.8 Å². The molecular formula is C16H13FN4O4. The fraction of sp³-hybridized carbons (Fsp3) is 0.125. The van der Waals surface area contributed by atoms with Crippen LogP contribution in [0.5, 0.6) is 5.75 Å². The monoisotopic (exact) mass is 344 g/mol. The third-order valence-electron chi connectivity index (χ3n) is 3.52. The van der Waals surface area contributed by atoms with E-state index in [2.05, 4.69) is 10.2 Å². The molecule has 0 radical (unpaired) electrons. The van der Waals surface area contributed by atoms with Crippen LogP contribution in [0.3, 0.4) is 0 Å². The van der Waals surface area contributed by atoms with Crippen LogP contribution in [0.2, 0.25) is 0 Å². The molecule has 9 heteroatoms. The van der Waals surface area contributed by atoms with Crippen LogP contribution in [-0.2, 0) is 6.42 Å². The maximum absolute atomic E-state index is 12.9. The van der Waals surface area contributed by atoms with E-state index < -0.39 is 4.92 Å². The van der Waals surface area contributed by atoms with Crippen molar-refractivity contribution >= 4 is 11.4 Å². The molecule has 0 aliphatic heterocycles. The highest BCUT2D eigenvalue weighted by Crippen LogP contribution is 2.41. The third-order valence-corrected chi connectivity index (χ3v) is 3.52. The van der Waals surface area contributed by atoms with Gasteiger partial charge in [0.25, 0.3) is 5.89 Å². The van der Waals surface area contributed by atoms with E-state index in [-0.39, 0.29) is 40.3 Å². The number of halogens is 1. The van der Waals surface area contributed by atoms with Crippen LogP contribution in [0, 0.1) is 15.9 Å². The Kier molecular flexibility index (Phi) is 4.29. The summed E-state index contributed by atoms with van der Waals surface area (Å²) < 4.78 is 23.6. The van der Waals surface area contributed by atoms with E-state index in [9.17, 15) is 14.5 Å². The Hall–Kier alpha value is -3.49. The van der Waals surface area contributed by atoms with Crippen molar-refractivity contribution in [2.24, 2.45) is 0 Å². The molecule has 0 bridgehead atoms. The van der Waals surface area contributed by atoms with Crippen molar-refractivity contribution in [2.75, 3.05) is 12.8 Å². The number of aromatic nitrogens is 2. The van der Waals surface area contributed by atoms with Crippen LogP contribution >= 0.6 is 0 Å². The zero-order chi connectivity index (χ0) is 18.0. The van der Waals surface area contributed by atoms with Gasteiger partial charge in [-0.3, -0.25) is 10.1 Å². The fourth-order valence-electron chi connectivity index (χ4n) is 2.36. The maximum atomic E-state index is 12.9. The lowest BCUT2D eigenvalue weighted by Gasteiger charge is -2.07. The molecule has 0 fully saturated rings. The molecule has 0 amide bonds. The minimum atomic E-state index is -0.631. The minimum Gasteiger partial charge on any atom is -0.490 e. The van der Waals surface area contributed by atoms with Crippen LogP contribution in [0.4, 0.5) is 15.8 Å². The van der Waals surface area contributed by atoms with Crippen molar-refractivity contribution in [3.8, 4) is 17.2 Å². The predicted molar refractivity (Wildman–Crippen MR) is 86.6 cm³/mol. The summed E-state index contributed by atoms with van der Waals surface area (Å²) in [6.45, 7) is 0. The first-order chi connectivity index (χ1) is 12.0. The number of rotatable bonds is 5. The predicted octanol–water partition coefficient (Wildman–Crippen LogP) is 2.97. The second kappa shape index (κ2) is 6.56. The van der Waals surface area contributed by atoms with Crippen LogP contribution in [0.25, 0.3) is 11.5 Å². The molecule has 1 heterocycles. The SMILES string of the molecule is COc1c(-c2nnc(Cc3ccc(F)cc3)o2)ccc(N)c1[N+](=O)[O-]. The Balaban J connectivity index is 1.96. The van der Waals surface area contributed by atoms with E-state index in [0.29, 0.717) is 6.42 Å². The quantitative estimate of drug-likeness (QED) is 0.429. The van der Waals surface area contributed by atoms with Gasteiger partial charge in [-0.2, -0.15) is 0 Å². The summed E-state index contributed by atoms with van der Waals surface area (Å²) >= 11 is 0. The average molecular weight is 344 g/mol. The molecular weight excluding hydrogens is 331 g/mol. The first-order valence-corrected chi connectivity index (χ1v) is 7.17. The molecule has 0 aliphatic rings. The topological polar surface area (TPSA) is 117 Å². The second-order valence-electron chi connectivity index (χ2n) is 5.15. The molecule has 128 valence electrons. The summed E-state index contributed by atoms with van der Waals surface area (Å²) in [5.74, 6) is -0.0453. The Morgan fingerprint density at radius 3 is 2.60 bits per heavy atom. The Morgan fingerprint density at radius 2 is 1.96 bits per heavy atom. The van der Waals surface area contributed by atoms with Crippen molar-refractivity contribution in [3.63, 3.8) is 0 Å². The molecule has 3 rings (SSSR count). The lowest BCUT2D eigenvalue weighted by molar-refractivity contribution is -0.384. The molecule has 0 atom stereocenters. The van der Waals surface area contributed by atoms with Crippen LogP contribution in [0.1, 0.15) is 11.5 Å². The largest absolute Gasteiger partial charge is 0.490 e. The summed E-state index contributed by atoms with van der Waals surface area (Å²) in [6, 6.07) is 8.76. The first kappa shape index (κ1) is 16.4. The fourth-order valence-corrected chi connectivity index (χ4v) is 2.36. The minimum absolute atomic E-state index is 0.0309. The van der Waals surface area contributed by atoms with Gasteiger partial charge in [-0.1, -0.05) is 12.1 Å². The van der Waals surface area contributed by atoms with E-state index in [0.717, 1.165) is 5.56 Å². The van der Waals surface area contributed by atoms with Gasteiger partial charge in [0.2, 0.25) is 11.6 Å². The van der Waals surface area contributed by atoms with E-state index in [1.807, 2.05) is 0 Å². The maximum Gasteiger partial charge on any atom is 0.334 e. The van der Waals surface area contributed by atoms with E-state index in [4.69, 9.17) is 14.9 Å². The number of benzene rings is 2. The van der Waals surface area contributed by atoms with Gasteiger partial charge in [0, 0.05) is 0 Å². The van der Waals surface area contributed by atoms with Crippen molar-refractivity contribution in [2.45, 2.75) is 6.42 Å². The average Bonchev–Trinajstić information content (AvgIpc) is 3.04. The van der Waals surface area contributed by atoms with Crippen molar-refractivity contribution < 1.29 is 18.5 Å². The second-order valence-corrected chi connectivity index (χ2v) is 5.15. The third kappa shape index (κ3) is 3.25. The highest BCUT2D eigenvalue weighted by Gasteiger charge is 2.26. The normalized spacial score (nSPS) is 10.6. The summed E-state index contributed by atoms with van der Waals surface area (Å²) in [6.07, 6.45) is 0.298. The molecule has 0 saturated heterocycles. The zero-order valence-corrected chi connectivity index (χ0v) is 13.1. The smallest absolute Gasteiger partial charge is 0.334 e. The number of nitrogen functional groups attached to an aromatic ring is 1. The molecule has 2 N–H and O–H groups in total. The number of ether oxygens (including phenoxy) is 1. The number of nitrogens with zero attached hydrogens (tertiary/aromatic N) is 3. The summed E-state index contributed by atoms with van der Waals surface area (Å²) in [5, 5.41) is 19.0. The van der Waals surface area contributed by atoms with E-state index in [1.165, 1.54) is 31.4 Å². The van der Waals surface area contributed by atoms with Crippen molar-refractivity contribution in [1.29, 1.82) is 0 Å². The van der Waals surface area contributed by atoms with E-state index >= 15 is 0 Å². The summed E-state index contributed by atoms with van der Waals surface area (Å²) in [5.41, 5.74) is 6.30. The standard InChI is InChI=1S/C16H13FN4O4/c1-24-15-11(6-7-12(18)14(15)21(22)23)16-20-19-13(25-16)8-9-2-4-10(17)5-3-9/h2-7H,8,18H2,1H3. The highest BCUT2D eigenvalue weighted by molar-refractivity contribution is 5.78. The number of methoxy groups -OCH3 is 1. The van der Waals surface area contributed by atoms with Crippen molar-refractivity contribution in [3.05, 3.63) is 63.8 Å². The molecule has 0 unspecified atom stereocenters. The van der Waals surface area contributed by atoms with Gasteiger partial charge < -0.3 is 14.9 Å². The number of anilines is 1. The molecule has 1 aromatic heterocycles. The Morgan fingerprint density at radius 1 is 1.24 bits per heavy atom. The van der Waals surface area contributed by atoms with Gasteiger partial charge in [-0.25, -0.2) is 4.39 Å². The number of nitro groups is 1. The molecule has 0 spiro atoms. The molecule has 2 aromatic carbocycles. The van der Waals surface area contributed by atoms with Gasteiger partial charge in [0.15, 0.2) is 0 Å². The van der Waals surface area contributed by atoms with Gasteiger partial charge in [0.1, 0.15) is 11.5 Å². The summed E-state index contributed by atoms with van der Waals surface area (Å²) in [4.78, 5) is 10.6. The van der Waals surface area contributed by atoms with Crippen molar-refractivity contribution in [1.82, 2.24) is 10.2 Å². The van der Waals surface area contributed by atoms with E-state index in [1.54, 1.807) is 12.1 Å². The van der Waals surface area contributed by atoms with Crippen LogP contribution in [0.15, 0.2) is 40.8 Å². The number of hydrogen-bond donors (Lipinski definition) is 1. The number of nitro benzene ring substituents is 1. The van der Waals surface area contributed by atoms with Gasteiger partial charge in [-0.15, -0.1) is 10.2 Å². The highest BCUT2D eigenvalue weighted by atomic mass is 19.1. The van der Waals surface area contributed by atoms with Crippen LogP contribution in [-0.4, -0.2) is 22.2 Å². The number of hydrogen-bond acceptors (Lipinski definition) is 7. The summed E-state index contributed by atoms with van der Waals surface area (Å²) in [7, 11) is 1.29. The lowest BCUT2D eigenvalue weighted by atomic mass is 10.1.